The number of ether oxygens (including phenoxy) is 2. The number of piperidine rings is 1. The number of hydrogen-bond donors (Lipinski definition) is 1. The second kappa shape index (κ2) is 6.80. The summed E-state index contributed by atoms with van der Waals surface area (Å²) < 4.78 is 16.4. The fraction of sp³-hybridized carbons (Fsp3) is 0.300. The summed E-state index contributed by atoms with van der Waals surface area (Å²) in [6.07, 6.45) is 2.46. The maximum atomic E-state index is 12.2. The molecule has 2 aromatic carbocycles. The molecule has 0 unspecified atom stereocenters. The molecule has 1 aliphatic heterocycles. The molecule has 1 fully saturated rings. The highest BCUT2D eigenvalue weighted by Gasteiger charge is 2.30. The molecular weight excluding hydrogens is 334 g/mol. The van der Waals surface area contributed by atoms with Gasteiger partial charge in [-0.2, -0.15) is 0 Å². The number of nitrogens with one attached hydrogen (secondary N) is 1. The van der Waals surface area contributed by atoms with Gasteiger partial charge in [-0.3, -0.25) is 14.9 Å². The molecule has 1 saturated heterocycles. The standard InChI is InChI=1S/C20H19NO5/c1-24-6-7-25-14-3-2-12-10-18-16(9-13(12)8-14)17(11-26-18)15-4-5-19(22)21-20(15)23/h2-3,8-11,15H,4-7H2,1H3,(H,21,22,23)/t15-/m0/s1. The van der Waals surface area contributed by atoms with E-state index >= 15 is 0 Å². The van der Waals surface area contributed by atoms with Gasteiger partial charge >= 0.3 is 0 Å². The Bertz CT molecular complexity index is 990. The van der Waals surface area contributed by atoms with Gasteiger partial charge in [0, 0.05) is 24.5 Å². The van der Waals surface area contributed by atoms with E-state index in [-0.39, 0.29) is 17.7 Å². The summed E-state index contributed by atoms with van der Waals surface area (Å²) in [5.41, 5.74) is 1.54. The van der Waals surface area contributed by atoms with Crippen molar-refractivity contribution in [2.24, 2.45) is 0 Å². The van der Waals surface area contributed by atoms with Crippen LogP contribution in [0, 0.1) is 0 Å². The average Bonchev–Trinajstić information content (AvgIpc) is 3.02. The molecule has 1 aliphatic rings. The van der Waals surface area contributed by atoms with E-state index in [9.17, 15) is 9.59 Å². The SMILES string of the molecule is COCCOc1ccc2cc3occ([C@@H]4CCC(=O)NC4=O)c3cc2c1. The van der Waals surface area contributed by atoms with Gasteiger partial charge in [0.1, 0.15) is 17.9 Å². The van der Waals surface area contributed by atoms with Gasteiger partial charge in [-0.05, 0) is 41.5 Å². The molecule has 1 N–H and O–H groups in total. The van der Waals surface area contributed by atoms with Gasteiger partial charge in [0.15, 0.2) is 0 Å². The third-order valence-electron chi connectivity index (χ3n) is 4.70. The zero-order valence-corrected chi connectivity index (χ0v) is 14.4. The van der Waals surface area contributed by atoms with Crippen LogP contribution in [-0.4, -0.2) is 32.1 Å². The van der Waals surface area contributed by atoms with Crippen LogP contribution < -0.4 is 10.1 Å². The lowest BCUT2D eigenvalue weighted by Gasteiger charge is -2.19. The summed E-state index contributed by atoms with van der Waals surface area (Å²) in [5.74, 6) is -0.0875. The van der Waals surface area contributed by atoms with Crippen molar-refractivity contribution in [1.82, 2.24) is 5.32 Å². The predicted molar refractivity (Wildman–Crippen MR) is 96.2 cm³/mol. The van der Waals surface area contributed by atoms with E-state index in [1.165, 1.54) is 0 Å². The number of carbonyl (C=O) groups excluding carboxylic acids is 2. The molecule has 4 rings (SSSR count). The summed E-state index contributed by atoms with van der Waals surface area (Å²) in [4.78, 5) is 23.6. The van der Waals surface area contributed by atoms with E-state index in [1.807, 2.05) is 30.3 Å². The van der Waals surface area contributed by atoms with Crippen LogP contribution in [0.4, 0.5) is 0 Å². The number of fused-ring (bicyclic) bond motifs is 2. The molecule has 0 bridgehead atoms. The second-order valence-electron chi connectivity index (χ2n) is 6.39. The number of amides is 2. The molecule has 0 radical (unpaired) electrons. The van der Waals surface area contributed by atoms with Crippen molar-refractivity contribution >= 4 is 33.6 Å². The highest BCUT2D eigenvalue weighted by Crippen LogP contribution is 2.35. The average molecular weight is 353 g/mol. The van der Waals surface area contributed by atoms with E-state index in [0.29, 0.717) is 26.1 Å². The van der Waals surface area contributed by atoms with Crippen LogP contribution >= 0.6 is 0 Å². The Hall–Kier alpha value is -2.86. The fourth-order valence-electron chi connectivity index (χ4n) is 3.36. The largest absolute Gasteiger partial charge is 0.491 e. The van der Waals surface area contributed by atoms with Gasteiger partial charge in [-0.1, -0.05) is 6.07 Å². The highest BCUT2D eigenvalue weighted by molar-refractivity contribution is 6.04. The fourth-order valence-corrected chi connectivity index (χ4v) is 3.36. The van der Waals surface area contributed by atoms with Gasteiger partial charge in [0.2, 0.25) is 11.8 Å². The third kappa shape index (κ3) is 3.04. The van der Waals surface area contributed by atoms with E-state index in [4.69, 9.17) is 13.9 Å². The van der Waals surface area contributed by atoms with Crippen LogP contribution in [0.2, 0.25) is 0 Å². The van der Waals surface area contributed by atoms with E-state index in [2.05, 4.69) is 5.32 Å². The van der Waals surface area contributed by atoms with Gasteiger partial charge < -0.3 is 13.9 Å². The first kappa shape index (κ1) is 16.6. The van der Waals surface area contributed by atoms with Crippen molar-refractivity contribution in [1.29, 1.82) is 0 Å². The first-order valence-corrected chi connectivity index (χ1v) is 8.56. The van der Waals surface area contributed by atoms with Gasteiger partial charge in [0.25, 0.3) is 0 Å². The minimum absolute atomic E-state index is 0.220. The molecule has 26 heavy (non-hydrogen) atoms. The van der Waals surface area contributed by atoms with Crippen LogP contribution in [0.25, 0.3) is 21.7 Å². The zero-order valence-electron chi connectivity index (χ0n) is 14.4. The molecule has 3 aromatic rings. The quantitative estimate of drug-likeness (QED) is 0.563. The number of rotatable bonds is 5. The summed E-state index contributed by atoms with van der Waals surface area (Å²) >= 11 is 0. The Balaban J connectivity index is 1.71. The molecule has 1 aromatic heterocycles. The van der Waals surface area contributed by atoms with Crippen molar-refractivity contribution in [3.8, 4) is 5.75 Å². The van der Waals surface area contributed by atoms with E-state index in [0.717, 1.165) is 33.1 Å². The molecule has 6 heteroatoms. The Morgan fingerprint density at radius 2 is 2.04 bits per heavy atom. The molecule has 6 nitrogen and oxygen atoms in total. The smallest absolute Gasteiger partial charge is 0.234 e. The zero-order chi connectivity index (χ0) is 18.1. The minimum atomic E-state index is -0.368. The van der Waals surface area contributed by atoms with E-state index in [1.54, 1.807) is 13.4 Å². The summed E-state index contributed by atoms with van der Waals surface area (Å²) in [6.45, 7) is 1.01. The number of furan rings is 1. The Morgan fingerprint density at radius 1 is 1.15 bits per heavy atom. The minimum Gasteiger partial charge on any atom is -0.491 e. The summed E-state index contributed by atoms with van der Waals surface area (Å²) in [7, 11) is 1.63. The van der Waals surface area contributed by atoms with Gasteiger partial charge in [0.05, 0.1) is 18.8 Å². The number of carbonyl (C=O) groups is 2. The summed E-state index contributed by atoms with van der Waals surface area (Å²) in [5, 5.41) is 5.33. The van der Waals surface area contributed by atoms with E-state index < -0.39 is 0 Å². The lowest BCUT2D eigenvalue weighted by Crippen LogP contribution is -2.39. The number of benzene rings is 2. The molecule has 0 aliphatic carbocycles. The molecular formula is C20H19NO5. The van der Waals surface area contributed by atoms with Gasteiger partial charge in [-0.15, -0.1) is 0 Å². The lowest BCUT2D eigenvalue weighted by atomic mass is 9.90. The monoisotopic (exact) mass is 353 g/mol. The molecule has 2 heterocycles. The Labute approximate surface area is 150 Å². The van der Waals surface area contributed by atoms with Crippen LogP contribution in [0.3, 0.4) is 0 Å². The molecule has 1 atom stereocenters. The summed E-state index contributed by atoms with van der Waals surface area (Å²) in [6, 6.07) is 9.82. The van der Waals surface area contributed by atoms with Crippen molar-refractivity contribution in [2.45, 2.75) is 18.8 Å². The number of methoxy groups -OCH3 is 1. The van der Waals surface area contributed by atoms with Gasteiger partial charge in [-0.25, -0.2) is 0 Å². The van der Waals surface area contributed by atoms with Crippen molar-refractivity contribution in [3.63, 3.8) is 0 Å². The molecule has 134 valence electrons. The van der Waals surface area contributed by atoms with Crippen molar-refractivity contribution in [2.75, 3.05) is 20.3 Å². The topological polar surface area (TPSA) is 77.8 Å². The first-order chi connectivity index (χ1) is 12.7. The predicted octanol–water partition coefficient (Wildman–Crippen LogP) is 3.13. The first-order valence-electron chi connectivity index (χ1n) is 8.56. The number of imide groups is 1. The maximum absolute atomic E-state index is 12.2. The Morgan fingerprint density at radius 3 is 2.85 bits per heavy atom. The van der Waals surface area contributed by atoms with Crippen molar-refractivity contribution in [3.05, 3.63) is 42.2 Å². The third-order valence-corrected chi connectivity index (χ3v) is 4.70. The van der Waals surface area contributed by atoms with Crippen LogP contribution in [-0.2, 0) is 14.3 Å². The number of hydrogen-bond acceptors (Lipinski definition) is 5. The Kier molecular flexibility index (Phi) is 4.34. The van der Waals surface area contributed by atoms with Crippen LogP contribution in [0.15, 0.2) is 41.0 Å². The molecule has 0 spiro atoms. The second-order valence-corrected chi connectivity index (χ2v) is 6.39. The van der Waals surface area contributed by atoms with Crippen LogP contribution in [0.5, 0.6) is 5.75 Å². The lowest BCUT2D eigenvalue weighted by molar-refractivity contribution is -0.134. The maximum Gasteiger partial charge on any atom is 0.234 e. The van der Waals surface area contributed by atoms with Crippen LogP contribution in [0.1, 0.15) is 24.3 Å². The molecule has 2 amide bonds. The normalized spacial score (nSPS) is 17.7. The van der Waals surface area contributed by atoms with Crippen molar-refractivity contribution < 1.29 is 23.5 Å². The highest BCUT2D eigenvalue weighted by atomic mass is 16.5. The molecule has 0 saturated carbocycles.